The number of carbonyl (C=O) groups is 1. The largest absolute Gasteiger partial charge is 0.378 e. The molecular weight excluding hydrogens is 410 g/mol. The second-order valence-corrected chi connectivity index (χ2v) is 9.10. The van der Waals surface area contributed by atoms with Crippen LogP contribution >= 0.6 is 11.8 Å². The number of nitrogens with one attached hydrogen (secondary N) is 2. The Hall–Kier alpha value is -2.81. The second kappa shape index (κ2) is 10.5. The SMILES string of the molecule is CCSc1nc(NCC(C)C)c2cnn(CCNC(=O)c3cccc(N(C)C)c3)c2n1. The maximum absolute atomic E-state index is 12.6. The van der Waals surface area contributed by atoms with E-state index in [0.29, 0.717) is 24.6 Å². The van der Waals surface area contributed by atoms with Crippen molar-refractivity contribution in [3.63, 3.8) is 0 Å². The fraction of sp³-hybridized carbons (Fsp3) is 0.455. The average molecular weight is 442 g/mol. The number of amides is 1. The van der Waals surface area contributed by atoms with Crippen LogP contribution in [0, 0.1) is 5.92 Å². The van der Waals surface area contributed by atoms with Crippen LogP contribution in [0.3, 0.4) is 0 Å². The maximum Gasteiger partial charge on any atom is 0.251 e. The first-order valence-corrected chi connectivity index (χ1v) is 11.5. The second-order valence-electron chi connectivity index (χ2n) is 7.87. The third-order valence-electron chi connectivity index (χ3n) is 4.66. The molecule has 0 radical (unpaired) electrons. The fourth-order valence-electron chi connectivity index (χ4n) is 3.03. The van der Waals surface area contributed by atoms with E-state index >= 15 is 0 Å². The summed E-state index contributed by atoms with van der Waals surface area (Å²) in [5, 5.41) is 12.5. The van der Waals surface area contributed by atoms with Gasteiger partial charge in [0.15, 0.2) is 10.8 Å². The molecule has 0 aliphatic rings. The molecule has 0 aliphatic heterocycles. The summed E-state index contributed by atoms with van der Waals surface area (Å²) in [5.74, 6) is 2.11. The van der Waals surface area contributed by atoms with Crippen molar-refractivity contribution in [1.29, 1.82) is 0 Å². The van der Waals surface area contributed by atoms with Crippen molar-refractivity contribution in [3.05, 3.63) is 36.0 Å². The number of benzene rings is 1. The highest BCUT2D eigenvalue weighted by Crippen LogP contribution is 2.24. The molecule has 0 unspecified atom stereocenters. The minimum Gasteiger partial charge on any atom is -0.378 e. The van der Waals surface area contributed by atoms with Gasteiger partial charge in [-0.1, -0.05) is 38.6 Å². The molecular formula is C22H31N7OS. The molecule has 0 saturated heterocycles. The van der Waals surface area contributed by atoms with Crippen LogP contribution in [0.2, 0.25) is 0 Å². The molecule has 1 amide bonds. The number of nitrogens with zero attached hydrogens (tertiary/aromatic N) is 5. The van der Waals surface area contributed by atoms with Crippen LogP contribution in [0.4, 0.5) is 11.5 Å². The van der Waals surface area contributed by atoms with E-state index in [4.69, 9.17) is 4.98 Å². The van der Waals surface area contributed by atoms with E-state index in [1.54, 1.807) is 18.0 Å². The molecule has 31 heavy (non-hydrogen) atoms. The van der Waals surface area contributed by atoms with E-state index in [9.17, 15) is 4.79 Å². The zero-order valence-electron chi connectivity index (χ0n) is 18.8. The smallest absolute Gasteiger partial charge is 0.251 e. The molecule has 2 aromatic heterocycles. The number of thioether (sulfide) groups is 1. The molecule has 3 aromatic rings. The van der Waals surface area contributed by atoms with Crippen molar-refractivity contribution >= 4 is 40.2 Å². The van der Waals surface area contributed by atoms with Crippen molar-refractivity contribution in [2.75, 3.05) is 43.2 Å². The number of carbonyl (C=O) groups excluding carboxylic acids is 1. The first-order valence-electron chi connectivity index (χ1n) is 10.5. The van der Waals surface area contributed by atoms with Gasteiger partial charge in [0, 0.05) is 38.4 Å². The molecule has 9 heteroatoms. The molecule has 1 aromatic carbocycles. The summed E-state index contributed by atoms with van der Waals surface area (Å²) in [6.45, 7) is 8.21. The van der Waals surface area contributed by atoms with Gasteiger partial charge < -0.3 is 15.5 Å². The van der Waals surface area contributed by atoms with Gasteiger partial charge in [-0.3, -0.25) is 4.79 Å². The van der Waals surface area contributed by atoms with Gasteiger partial charge in [-0.25, -0.2) is 14.6 Å². The Morgan fingerprint density at radius 1 is 1.26 bits per heavy atom. The van der Waals surface area contributed by atoms with E-state index < -0.39 is 0 Å². The number of rotatable bonds is 10. The van der Waals surface area contributed by atoms with Crippen LogP contribution in [0.1, 0.15) is 31.1 Å². The summed E-state index contributed by atoms with van der Waals surface area (Å²) in [6, 6.07) is 7.57. The Labute approximate surface area is 187 Å². The Balaban J connectivity index is 1.72. The molecule has 2 heterocycles. The summed E-state index contributed by atoms with van der Waals surface area (Å²) in [5.41, 5.74) is 2.41. The molecule has 0 atom stereocenters. The van der Waals surface area contributed by atoms with Gasteiger partial charge in [-0.15, -0.1) is 0 Å². The zero-order valence-corrected chi connectivity index (χ0v) is 19.7. The summed E-state index contributed by atoms with van der Waals surface area (Å²) in [6.07, 6.45) is 1.79. The lowest BCUT2D eigenvalue weighted by molar-refractivity contribution is 0.0952. The van der Waals surface area contributed by atoms with Crippen molar-refractivity contribution in [3.8, 4) is 0 Å². The van der Waals surface area contributed by atoms with Crippen LogP contribution in [-0.4, -0.2) is 58.6 Å². The van der Waals surface area contributed by atoms with Gasteiger partial charge in [-0.05, 0) is 29.9 Å². The molecule has 0 aliphatic carbocycles. The van der Waals surface area contributed by atoms with E-state index in [1.165, 1.54) is 0 Å². The lowest BCUT2D eigenvalue weighted by atomic mass is 10.2. The number of aromatic nitrogens is 4. The van der Waals surface area contributed by atoms with Gasteiger partial charge in [-0.2, -0.15) is 5.10 Å². The first kappa shape index (κ1) is 22.9. The molecule has 8 nitrogen and oxygen atoms in total. The van der Waals surface area contributed by atoms with Crippen LogP contribution in [0.25, 0.3) is 11.0 Å². The zero-order chi connectivity index (χ0) is 22.4. The topological polar surface area (TPSA) is 88.0 Å². The van der Waals surface area contributed by atoms with Gasteiger partial charge in [0.1, 0.15) is 5.82 Å². The Bertz CT molecular complexity index is 1030. The van der Waals surface area contributed by atoms with Crippen molar-refractivity contribution in [1.82, 2.24) is 25.1 Å². The van der Waals surface area contributed by atoms with Gasteiger partial charge in [0.05, 0.1) is 18.1 Å². The number of hydrogen-bond donors (Lipinski definition) is 2. The number of anilines is 2. The Morgan fingerprint density at radius 2 is 2.06 bits per heavy atom. The van der Waals surface area contributed by atoms with Gasteiger partial charge >= 0.3 is 0 Å². The van der Waals surface area contributed by atoms with Crippen molar-refractivity contribution < 1.29 is 4.79 Å². The Kier molecular flexibility index (Phi) is 7.73. The molecule has 166 valence electrons. The minimum absolute atomic E-state index is 0.101. The molecule has 0 saturated carbocycles. The summed E-state index contributed by atoms with van der Waals surface area (Å²) in [4.78, 5) is 23.9. The molecule has 0 fully saturated rings. The maximum atomic E-state index is 12.6. The standard InChI is InChI=1S/C22H31N7OS/c1-6-31-22-26-19(24-13-15(2)3)18-14-25-29(20(18)27-22)11-10-23-21(30)16-8-7-9-17(12-16)28(4)5/h7-9,12,14-15H,6,10-11,13H2,1-5H3,(H,23,30)(H,24,26,27). The fourth-order valence-corrected chi connectivity index (χ4v) is 3.60. The predicted octanol–water partition coefficient (Wildman–Crippen LogP) is 3.50. The number of hydrogen-bond acceptors (Lipinski definition) is 7. The molecule has 0 bridgehead atoms. The van der Waals surface area contributed by atoms with Crippen molar-refractivity contribution in [2.45, 2.75) is 32.5 Å². The van der Waals surface area contributed by atoms with E-state index in [-0.39, 0.29) is 5.91 Å². The summed E-state index contributed by atoms with van der Waals surface area (Å²) < 4.78 is 1.83. The van der Waals surface area contributed by atoms with Crippen LogP contribution < -0.4 is 15.5 Å². The van der Waals surface area contributed by atoms with E-state index in [2.05, 4.69) is 41.5 Å². The predicted molar refractivity (Wildman–Crippen MR) is 128 cm³/mol. The quantitative estimate of drug-likeness (QED) is 0.368. The third-order valence-corrected chi connectivity index (χ3v) is 5.39. The highest BCUT2D eigenvalue weighted by atomic mass is 32.2. The highest BCUT2D eigenvalue weighted by Gasteiger charge is 2.14. The summed E-state index contributed by atoms with van der Waals surface area (Å²) >= 11 is 1.60. The van der Waals surface area contributed by atoms with Crippen LogP contribution in [-0.2, 0) is 6.54 Å². The third kappa shape index (κ3) is 5.88. The molecule has 2 N–H and O–H groups in total. The van der Waals surface area contributed by atoms with E-state index in [0.717, 1.165) is 40.0 Å². The minimum atomic E-state index is -0.101. The molecule has 3 rings (SSSR count). The lowest BCUT2D eigenvalue weighted by Crippen LogP contribution is -2.27. The van der Waals surface area contributed by atoms with Crippen molar-refractivity contribution in [2.24, 2.45) is 5.92 Å². The summed E-state index contributed by atoms with van der Waals surface area (Å²) in [7, 11) is 3.91. The Morgan fingerprint density at radius 3 is 2.77 bits per heavy atom. The van der Waals surface area contributed by atoms with E-state index in [1.807, 2.05) is 47.9 Å². The average Bonchev–Trinajstić information content (AvgIpc) is 3.15. The van der Waals surface area contributed by atoms with Gasteiger partial charge in [0.25, 0.3) is 5.91 Å². The highest BCUT2D eigenvalue weighted by molar-refractivity contribution is 7.99. The first-order chi connectivity index (χ1) is 14.9. The monoisotopic (exact) mass is 441 g/mol. The normalized spacial score (nSPS) is 11.2. The van der Waals surface area contributed by atoms with Gasteiger partial charge in [0.2, 0.25) is 0 Å². The number of fused-ring (bicyclic) bond motifs is 1. The lowest BCUT2D eigenvalue weighted by Gasteiger charge is -2.13. The molecule has 0 spiro atoms. The van der Waals surface area contributed by atoms with Crippen LogP contribution in [0.15, 0.2) is 35.6 Å². The van der Waals surface area contributed by atoms with Crippen LogP contribution in [0.5, 0.6) is 0 Å².